The highest BCUT2D eigenvalue weighted by molar-refractivity contribution is 5.75. The predicted molar refractivity (Wildman–Crippen MR) is 35.4 cm³/mol. The third kappa shape index (κ3) is 1.42. The highest BCUT2D eigenvalue weighted by Crippen LogP contribution is 2.01. The van der Waals surface area contributed by atoms with Gasteiger partial charge in [-0.3, -0.25) is 9.69 Å². The molecule has 0 fully saturated rings. The number of allylic oxidation sites excluding steroid dienone is 2. The fourth-order valence-corrected chi connectivity index (χ4v) is 0.687. The van der Waals surface area contributed by atoms with Crippen LogP contribution in [-0.2, 0) is 4.79 Å². The SMILES string of the molecule is CC(=O)N1C=CCC=C1. The van der Waals surface area contributed by atoms with Crippen molar-refractivity contribution < 1.29 is 4.79 Å². The molecule has 0 saturated carbocycles. The van der Waals surface area contributed by atoms with E-state index in [1.54, 1.807) is 24.2 Å². The van der Waals surface area contributed by atoms with Crippen LogP contribution in [0.1, 0.15) is 13.3 Å². The van der Waals surface area contributed by atoms with Gasteiger partial charge in [-0.2, -0.15) is 0 Å². The molecule has 1 heterocycles. The van der Waals surface area contributed by atoms with Gasteiger partial charge < -0.3 is 0 Å². The predicted octanol–water partition coefficient (Wildman–Crippen LogP) is 1.27. The molecule has 0 bridgehead atoms. The molecule has 0 aromatic rings. The summed E-state index contributed by atoms with van der Waals surface area (Å²) in [5.41, 5.74) is 0. The minimum absolute atomic E-state index is 0.0576. The van der Waals surface area contributed by atoms with Gasteiger partial charge in [0.25, 0.3) is 0 Å². The normalized spacial score (nSPS) is 16.3. The van der Waals surface area contributed by atoms with Crippen LogP contribution in [0, 0.1) is 0 Å². The highest BCUT2D eigenvalue weighted by atomic mass is 16.2. The number of nitrogens with zero attached hydrogens (tertiary/aromatic N) is 1. The van der Waals surface area contributed by atoms with Crippen molar-refractivity contribution in [3.05, 3.63) is 24.6 Å². The molecule has 1 amide bonds. The van der Waals surface area contributed by atoms with Gasteiger partial charge in [-0.15, -0.1) is 0 Å². The molecular weight excluding hydrogens is 114 g/mol. The van der Waals surface area contributed by atoms with E-state index in [0.717, 1.165) is 6.42 Å². The molecule has 0 radical (unpaired) electrons. The minimum atomic E-state index is 0.0576. The Morgan fingerprint density at radius 1 is 1.44 bits per heavy atom. The van der Waals surface area contributed by atoms with Crippen LogP contribution in [0.2, 0.25) is 0 Å². The Bertz CT molecular complexity index is 158. The summed E-state index contributed by atoms with van der Waals surface area (Å²) in [6, 6.07) is 0. The second-order valence-electron chi connectivity index (χ2n) is 1.93. The molecule has 0 unspecified atom stereocenters. The Morgan fingerprint density at radius 3 is 2.33 bits per heavy atom. The van der Waals surface area contributed by atoms with E-state index < -0.39 is 0 Å². The quantitative estimate of drug-likeness (QED) is 0.475. The van der Waals surface area contributed by atoms with E-state index in [2.05, 4.69) is 0 Å². The summed E-state index contributed by atoms with van der Waals surface area (Å²) in [5, 5.41) is 0. The average Bonchev–Trinajstić information content (AvgIpc) is 1.90. The molecule has 0 aliphatic carbocycles. The smallest absolute Gasteiger partial charge is 0.227 e. The van der Waals surface area contributed by atoms with Gasteiger partial charge >= 0.3 is 0 Å². The van der Waals surface area contributed by atoms with Gasteiger partial charge in [0.15, 0.2) is 0 Å². The average molecular weight is 123 g/mol. The number of rotatable bonds is 0. The van der Waals surface area contributed by atoms with Gasteiger partial charge in [-0.05, 0) is 6.42 Å². The Hall–Kier alpha value is -1.05. The fraction of sp³-hybridized carbons (Fsp3) is 0.286. The largest absolute Gasteiger partial charge is 0.296 e. The van der Waals surface area contributed by atoms with E-state index in [0.29, 0.717) is 0 Å². The third-order valence-corrected chi connectivity index (χ3v) is 1.17. The van der Waals surface area contributed by atoms with Crippen LogP contribution in [0.4, 0.5) is 0 Å². The van der Waals surface area contributed by atoms with Crippen molar-refractivity contribution in [2.75, 3.05) is 0 Å². The molecule has 1 aliphatic rings. The zero-order valence-electron chi connectivity index (χ0n) is 5.37. The van der Waals surface area contributed by atoms with E-state index >= 15 is 0 Å². The number of hydrogen-bond donors (Lipinski definition) is 0. The van der Waals surface area contributed by atoms with Crippen LogP contribution in [-0.4, -0.2) is 10.8 Å². The summed E-state index contributed by atoms with van der Waals surface area (Å²) >= 11 is 0. The molecule has 1 rings (SSSR count). The lowest BCUT2D eigenvalue weighted by Crippen LogP contribution is -2.16. The van der Waals surface area contributed by atoms with Crippen molar-refractivity contribution in [1.29, 1.82) is 0 Å². The fourth-order valence-electron chi connectivity index (χ4n) is 0.687. The Kier molecular flexibility index (Phi) is 1.68. The van der Waals surface area contributed by atoms with Crippen LogP contribution in [0.5, 0.6) is 0 Å². The lowest BCUT2D eigenvalue weighted by Gasteiger charge is -2.12. The van der Waals surface area contributed by atoms with Crippen molar-refractivity contribution in [2.45, 2.75) is 13.3 Å². The van der Waals surface area contributed by atoms with Crippen LogP contribution >= 0.6 is 0 Å². The third-order valence-electron chi connectivity index (χ3n) is 1.17. The molecule has 0 saturated heterocycles. The maximum Gasteiger partial charge on any atom is 0.227 e. The van der Waals surface area contributed by atoms with Crippen LogP contribution in [0.25, 0.3) is 0 Å². The molecule has 2 nitrogen and oxygen atoms in total. The topological polar surface area (TPSA) is 20.3 Å². The van der Waals surface area contributed by atoms with Crippen LogP contribution in [0.3, 0.4) is 0 Å². The summed E-state index contributed by atoms with van der Waals surface area (Å²) in [5.74, 6) is 0.0576. The first-order chi connectivity index (χ1) is 4.30. The Morgan fingerprint density at radius 2 is 2.00 bits per heavy atom. The number of carbonyl (C=O) groups is 1. The molecule has 0 aromatic carbocycles. The monoisotopic (exact) mass is 123 g/mol. The van der Waals surface area contributed by atoms with Gasteiger partial charge in [0, 0.05) is 19.3 Å². The maximum atomic E-state index is 10.6. The minimum Gasteiger partial charge on any atom is -0.296 e. The molecule has 0 atom stereocenters. The summed E-state index contributed by atoms with van der Waals surface area (Å²) in [7, 11) is 0. The molecular formula is C7H9NO. The van der Waals surface area contributed by atoms with E-state index in [9.17, 15) is 4.79 Å². The number of hydrogen-bond acceptors (Lipinski definition) is 1. The van der Waals surface area contributed by atoms with Crippen LogP contribution < -0.4 is 0 Å². The first-order valence-corrected chi connectivity index (χ1v) is 2.93. The first kappa shape index (κ1) is 6.08. The molecule has 1 aliphatic heterocycles. The van der Waals surface area contributed by atoms with Crippen LogP contribution in [0.15, 0.2) is 24.6 Å². The molecule has 9 heavy (non-hydrogen) atoms. The van der Waals surface area contributed by atoms with Crippen molar-refractivity contribution in [1.82, 2.24) is 4.90 Å². The van der Waals surface area contributed by atoms with E-state index in [1.807, 2.05) is 12.2 Å². The van der Waals surface area contributed by atoms with E-state index in [-0.39, 0.29) is 5.91 Å². The van der Waals surface area contributed by atoms with Gasteiger partial charge in [-0.25, -0.2) is 0 Å². The highest BCUT2D eigenvalue weighted by Gasteiger charge is 2.00. The second kappa shape index (κ2) is 2.49. The molecule has 48 valence electrons. The molecule has 0 N–H and O–H groups in total. The van der Waals surface area contributed by atoms with Crippen molar-refractivity contribution >= 4 is 5.91 Å². The Labute approximate surface area is 54.5 Å². The molecule has 2 heteroatoms. The first-order valence-electron chi connectivity index (χ1n) is 2.93. The summed E-state index contributed by atoms with van der Waals surface area (Å²) in [6.07, 6.45) is 8.39. The molecule has 0 aromatic heterocycles. The van der Waals surface area contributed by atoms with Crippen molar-refractivity contribution in [2.24, 2.45) is 0 Å². The van der Waals surface area contributed by atoms with Gasteiger partial charge in [0.1, 0.15) is 0 Å². The number of carbonyl (C=O) groups excluding carboxylic acids is 1. The Balaban J connectivity index is 2.60. The van der Waals surface area contributed by atoms with Gasteiger partial charge in [0.05, 0.1) is 0 Å². The zero-order valence-corrected chi connectivity index (χ0v) is 5.37. The van der Waals surface area contributed by atoms with Gasteiger partial charge in [0.2, 0.25) is 5.91 Å². The summed E-state index contributed by atoms with van der Waals surface area (Å²) in [4.78, 5) is 12.2. The summed E-state index contributed by atoms with van der Waals surface area (Å²) in [6.45, 7) is 1.54. The summed E-state index contributed by atoms with van der Waals surface area (Å²) < 4.78 is 0. The van der Waals surface area contributed by atoms with E-state index in [1.165, 1.54) is 0 Å². The van der Waals surface area contributed by atoms with Crippen molar-refractivity contribution in [3.63, 3.8) is 0 Å². The maximum absolute atomic E-state index is 10.6. The van der Waals surface area contributed by atoms with E-state index in [4.69, 9.17) is 0 Å². The lowest BCUT2D eigenvalue weighted by molar-refractivity contribution is -0.124. The van der Waals surface area contributed by atoms with Crippen molar-refractivity contribution in [3.8, 4) is 0 Å². The van der Waals surface area contributed by atoms with Gasteiger partial charge in [-0.1, -0.05) is 12.2 Å². The molecule has 0 spiro atoms. The standard InChI is InChI=1S/C7H9NO/c1-7(9)8-5-3-2-4-6-8/h3-6H,2H2,1H3. The second-order valence-corrected chi connectivity index (χ2v) is 1.93. The number of amides is 1. The lowest BCUT2D eigenvalue weighted by atomic mass is 10.3. The zero-order chi connectivity index (χ0) is 6.69.